The fraction of sp³-hybridized carbons (Fsp3) is 0.613. The van der Waals surface area contributed by atoms with Gasteiger partial charge in [0.05, 0.1) is 23.9 Å². The van der Waals surface area contributed by atoms with Crippen molar-refractivity contribution >= 4 is 18.0 Å². The third kappa shape index (κ3) is 6.67. The number of hydrogen-bond acceptors (Lipinski definition) is 6. The Morgan fingerprint density at radius 1 is 1.10 bits per heavy atom. The Labute approximate surface area is 237 Å². The fourth-order valence-corrected chi connectivity index (χ4v) is 5.91. The minimum atomic E-state index is -0.833. The molecule has 1 aliphatic heterocycles. The number of aromatic nitrogens is 2. The number of piperidine rings is 1. The predicted octanol–water partition coefficient (Wildman–Crippen LogP) is 5.07. The minimum absolute atomic E-state index is 0.0451. The Kier molecular flexibility index (Phi) is 9.21. The lowest BCUT2D eigenvalue weighted by Crippen LogP contribution is -2.53. The molecule has 9 nitrogen and oxygen atoms in total. The van der Waals surface area contributed by atoms with Crippen molar-refractivity contribution in [1.82, 2.24) is 20.4 Å². The van der Waals surface area contributed by atoms with E-state index < -0.39 is 16.9 Å². The largest absolute Gasteiger partial charge is 0.465 e. The number of aromatic amines is 1. The first-order valence-corrected chi connectivity index (χ1v) is 14.6. The van der Waals surface area contributed by atoms with Crippen molar-refractivity contribution in [2.75, 3.05) is 19.7 Å². The van der Waals surface area contributed by atoms with Crippen molar-refractivity contribution in [3.05, 3.63) is 53.3 Å². The lowest BCUT2D eigenvalue weighted by molar-refractivity contribution is -0.144. The summed E-state index contributed by atoms with van der Waals surface area (Å²) in [5.74, 6) is -0.572. The monoisotopic (exact) mass is 552 g/mol. The highest BCUT2D eigenvalue weighted by atomic mass is 16.6. The van der Waals surface area contributed by atoms with Crippen LogP contribution in [0.3, 0.4) is 0 Å². The van der Waals surface area contributed by atoms with Gasteiger partial charge in [-0.2, -0.15) is 5.10 Å². The van der Waals surface area contributed by atoms with Crippen molar-refractivity contribution in [1.29, 1.82) is 0 Å². The normalized spacial score (nSPS) is 22.8. The third-order valence-corrected chi connectivity index (χ3v) is 8.16. The van der Waals surface area contributed by atoms with Gasteiger partial charge in [0, 0.05) is 24.7 Å². The molecule has 218 valence electrons. The Morgan fingerprint density at radius 3 is 2.35 bits per heavy atom. The number of rotatable bonds is 7. The number of H-pyrrole nitrogens is 1. The second-order valence-corrected chi connectivity index (χ2v) is 12.3. The number of ether oxygens (including phenoxy) is 2. The summed E-state index contributed by atoms with van der Waals surface area (Å²) in [4.78, 5) is 41.7. The number of carbonyl (C=O) groups excluding carboxylic acids is 3. The van der Waals surface area contributed by atoms with E-state index in [-0.39, 0.29) is 30.6 Å². The smallest absolute Gasteiger partial charge is 0.410 e. The van der Waals surface area contributed by atoms with Gasteiger partial charge in [-0.3, -0.25) is 14.7 Å². The molecule has 1 aromatic heterocycles. The summed E-state index contributed by atoms with van der Waals surface area (Å²) in [5, 5.41) is 10.8. The summed E-state index contributed by atoms with van der Waals surface area (Å²) in [5.41, 5.74) is 0.812. The molecular formula is C31H44N4O5. The maximum atomic E-state index is 14.2. The molecular weight excluding hydrogens is 508 g/mol. The molecule has 1 saturated heterocycles. The van der Waals surface area contributed by atoms with Crippen LogP contribution < -0.4 is 5.32 Å². The SMILES string of the molecule is CCOC(=O)C(c1ccccc1)c1cn[nH]c1C1(C(=O)NC2CCN(C(=O)OC(C)(C)C)CC2)CCC(C)CC1. The molecule has 2 N–H and O–H groups in total. The third-order valence-electron chi connectivity index (χ3n) is 8.16. The van der Waals surface area contributed by atoms with Gasteiger partial charge in [-0.05, 0) is 77.7 Å². The maximum Gasteiger partial charge on any atom is 0.410 e. The minimum Gasteiger partial charge on any atom is -0.465 e. The van der Waals surface area contributed by atoms with E-state index in [1.165, 1.54) is 0 Å². The Balaban J connectivity index is 1.58. The zero-order valence-electron chi connectivity index (χ0n) is 24.5. The second-order valence-electron chi connectivity index (χ2n) is 12.3. The molecule has 9 heteroatoms. The lowest BCUT2D eigenvalue weighted by Gasteiger charge is -2.40. The molecule has 0 bridgehead atoms. The Hall–Kier alpha value is -3.36. The van der Waals surface area contributed by atoms with Crippen LogP contribution in [0.1, 0.15) is 95.9 Å². The molecule has 2 aromatic rings. The van der Waals surface area contributed by atoms with E-state index in [0.717, 1.165) is 18.4 Å². The van der Waals surface area contributed by atoms with Crippen LogP contribution in [0.5, 0.6) is 0 Å². The van der Waals surface area contributed by atoms with Crippen LogP contribution in [0.4, 0.5) is 4.79 Å². The van der Waals surface area contributed by atoms with Gasteiger partial charge in [0.1, 0.15) is 11.5 Å². The van der Waals surface area contributed by atoms with Crippen molar-refractivity contribution in [3.63, 3.8) is 0 Å². The van der Waals surface area contributed by atoms with Crippen molar-refractivity contribution in [2.24, 2.45) is 5.92 Å². The summed E-state index contributed by atoms with van der Waals surface area (Å²) in [6.07, 6.45) is 5.80. The van der Waals surface area contributed by atoms with Gasteiger partial charge in [-0.1, -0.05) is 37.3 Å². The van der Waals surface area contributed by atoms with Crippen LogP contribution in [0.25, 0.3) is 0 Å². The molecule has 1 atom stereocenters. The van der Waals surface area contributed by atoms with E-state index >= 15 is 0 Å². The number of nitrogens with one attached hydrogen (secondary N) is 2. The average molecular weight is 553 g/mol. The first-order chi connectivity index (χ1) is 19.0. The van der Waals surface area contributed by atoms with Crippen LogP contribution in [0.15, 0.2) is 36.5 Å². The number of likely N-dealkylation sites (tertiary alicyclic amines) is 1. The lowest BCUT2D eigenvalue weighted by atomic mass is 9.66. The van der Waals surface area contributed by atoms with Gasteiger partial charge in [0.25, 0.3) is 0 Å². The van der Waals surface area contributed by atoms with E-state index in [1.807, 2.05) is 51.1 Å². The van der Waals surface area contributed by atoms with Gasteiger partial charge in [-0.15, -0.1) is 0 Å². The van der Waals surface area contributed by atoms with Crippen LogP contribution in [0, 0.1) is 5.92 Å². The van der Waals surface area contributed by atoms with Crippen LogP contribution >= 0.6 is 0 Å². The predicted molar refractivity (Wildman–Crippen MR) is 152 cm³/mol. The molecule has 1 aliphatic carbocycles. The zero-order valence-corrected chi connectivity index (χ0v) is 24.5. The average Bonchev–Trinajstić information content (AvgIpc) is 3.39. The molecule has 0 spiro atoms. The van der Waals surface area contributed by atoms with Gasteiger partial charge in [0.15, 0.2) is 0 Å². The molecule has 4 rings (SSSR count). The summed E-state index contributed by atoms with van der Waals surface area (Å²) in [6, 6.07) is 9.47. The molecule has 40 heavy (non-hydrogen) atoms. The first kappa shape index (κ1) is 29.6. The summed E-state index contributed by atoms with van der Waals surface area (Å²) >= 11 is 0. The molecule has 1 saturated carbocycles. The van der Waals surface area contributed by atoms with E-state index in [0.29, 0.717) is 55.9 Å². The molecule has 2 heterocycles. The van der Waals surface area contributed by atoms with Crippen molar-refractivity contribution in [2.45, 2.75) is 96.1 Å². The number of hydrogen-bond donors (Lipinski definition) is 2. The van der Waals surface area contributed by atoms with E-state index in [4.69, 9.17) is 9.47 Å². The summed E-state index contributed by atoms with van der Waals surface area (Å²) < 4.78 is 11.0. The molecule has 0 radical (unpaired) electrons. The number of esters is 1. The maximum absolute atomic E-state index is 14.2. The molecule has 2 aliphatic rings. The highest BCUT2D eigenvalue weighted by molar-refractivity contribution is 5.90. The van der Waals surface area contributed by atoms with E-state index in [2.05, 4.69) is 22.4 Å². The van der Waals surface area contributed by atoms with Gasteiger partial charge in [-0.25, -0.2) is 4.79 Å². The standard InChI is InChI=1S/C31H44N4O5/c1-6-39-27(36)25(22-10-8-7-9-11-22)24-20-32-34-26(24)31(16-12-21(2)13-17-31)28(37)33-23-14-18-35(19-15-23)29(38)40-30(3,4)5/h7-11,20-21,23,25H,6,12-19H2,1-5H3,(H,32,34)(H,33,37). The Bertz CT molecular complexity index is 1160. The summed E-state index contributed by atoms with van der Waals surface area (Å²) in [6.45, 7) is 10.9. The molecule has 1 aromatic carbocycles. The number of benzene rings is 1. The van der Waals surface area contributed by atoms with Crippen LogP contribution in [-0.4, -0.2) is 64.4 Å². The molecule has 1 unspecified atom stereocenters. The van der Waals surface area contributed by atoms with Gasteiger partial charge in [0.2, 0.25) is 5.91 Å². The topological polar surface area (TPSA) is 114 Å². The zero-order chi connectivity index (χ0) is 28.9. The highest BCUT2D eigenvalue weighted by Crippen LogP contribution is 2.45. The second kappa shape index (κ2) is 12.4. The fourth-order valence-electron chi connectivity index (χ4n) is 5.91. The van der Waals surface area contributed by atoms with Crippen LogP contribution in [-0.2, 0) is 24.5 Å². The van der Waals surface area contributed by atoms with E-state index in [1.54, 1.807) is 18.0 Å². The summed E-state index contributed by atoms with van der Waals surface area (Å²) in [7, 11) is 0. The molecule has 2 amide bonds. The molecule has 2 fully saturated rings. The number of carbonyl (C=O) groups is 3. The van der Waals surface area contributed by atoms with Crippen molar-refractivity contribution < 1.29 is 23.9 Å². The van der Waals surface area contributed by atoms with Gasteiger partial charge < -0.3 is 19.7 Å². The van der Waals surface area contributed by atoms with Crippen molar-refractivity contribution in [3.8, 4) is 0 Å². The first-order valence-electron chi connectivity index (χ1n) is 14.6. The highest BCUT2D eigenvalue weighted by Gasteiger charge is 2.47. The van der Waals surface area contributed by atoms with Crippen LogP contribution in [0.2, 0.25) is 0 Å². The van der Waals surface area contributed by atoms with E-state index in [9.17, 15) is 14.4 Å². The number of nitrogens with zero attached hydrogens (tertiary/aromatic N) is 2. The Morgan fingerprint density at radius 2 is 1.75 bits per heavy atom. The number of amides is 2. The van der Waals surface area contributed by atoms with Gasteiger partial charge >= 0.3 is 12.1 Å². The quantitative estimate of drug-likeness (QED) is 0.464.